The van der Waals surface area contributed by atoms with Crippen molar-refractivity contribution in [2.45, 2.75) is 13.8 Å². The third kappa shape index (κ3) is 2.45. The highest BCUT2D eigenvalue weighted by Gasteiger charge is 2.08. The summed E-state index contributed by atoms with van der Waals surface area (Å²) in [4.78, 5) is 24.4. The summed E-state index contributed by atoms with van der Waals surface area (Å²) in [5, 5.41) is 11.3. The van der Waals surface area contributed by atoms with Crippen molar-refractivity contribution in [3.8, 4) is 0 Å². The van der Waals surface area contributed by atoms with E-state index in [1.165, 1.54) is 6.07 Å². The van der Waals surface area contributed by atoms with Gasteiger partial charge in [-0.15, -0.1) is 0 Å². The molecule has 2 rings (SSSR count). The van der Waals surface area contributed by atoms with Crippen molar-refractivity contribution in [1.82, 2.24) is 0 Å². The molecule has 100 valence electrons. The summed E-state index contributed by atoms with van der Waals surface area (Å²) >= 11 is 0. The second-order valence-electron chi connectivity index (χ2n) is 4.13. The topological polar surface area (TPSA) is 73.6 Å². The van der Waals surface area contributed by atoms with Gasteiger partial charge in [0.25, 0.3) is 0 Å². The smallest absolute Gasteiger partial charge is 0.345 e. The van der Waals surface area contributed by atoms with Gasteiger partial charge in [0.15, 0.2) is 0 Å². The molecule has 5 heteroatoms. The molecule has 0 N–H and O–H groups in total. The van der Waals surface area contributed by atoms with Crippen LogP contribution >= 0.6 is 0 Å². The van der Waals surface area contributed by atoms with Gasteiger partial charge in [-0.2, -0.15) is 0 Å². The van der Waals surface area contributed by atoms with Crippen LogP contribution in [0.5, 0.6) is 0 Å². The van der Waals surface area contributed by atoms with Gasteiger partial charge in [-0.3, -0.25) is 0 Å². The number of hydrogen-bond acceptors (Lipinski definition) is 5. The number of benzene rings is 1. The number of rotatable bonds is 4. The van der Waals surface area contributed by atoms with Crippen LogP contribution in [0.15, 0.2) is 33.5 Å². The minimum absolute atomic E-state index is 0.374. The van der Waals surface area contributed by atoms with E-state index in [-0.39, 0.29) is 0 Å². The van der Waals surface area contributed by atoms with Gasteiger partial charge in [-0.25, -0.2) is 4.79 Å². The summed E-state index contributed by atoms with van der Waals surface area (Å²) < 4.78 is 5.03. The molecule has 0 unspecified atom stereocenters. The lowest BCUT2D eigenvalue weighted by molar-refractivity contribution is -0.255. The lowest BCUT2D eigenvalue weighted by Crippen LogP contribution is -2.28. The lowest BCUT2D eigenvalue weighted by Gasteiger charge is -2.21. The molecule has 19 heavy (non-hydrogen) atoms. The van der Waals surface area contributed by atoms with E-state index in [1.54, 1.807) is 12.1 Å². The summed E-state index contributed by atoms with van der Waals surface area (Å²) in [6, 6.07) is 6.62. The Kier molecular flexibility index (Phi) is 3.55. The van der Waals surface area contributed by atoms with Gasteiger partial charge in [0.05, 0.1) is 11.5 Å². The molecule has 0 radical (unpaired) electrons. The molecule has 0 amide bonds. The molecule has 5 nitrogen and oxygen atoms in total. The first-order valence-electron chi connectivity index (χ1n) is 6.11. The van der Waals surface area contributed by atoms with Crippen LogP contribution in [0.1, 0.15) is 24.2 Å². The maximum absolute atomic E-state index is 11.5. The molecule has 0 saturated heterocycles. The van der Waals surface area contributed by atoms with E-state index >= 15 is 0 Å². The molecule has 0 bridgehead atoms. The lowest BCUT2D eigenvalue weighted by atomic mass is 10.1. The standard InChI is InChI=1S/C14H15NO4/c1-3-15(4-2)10-6-5-9-7-11(13(16)17)14(18)19-12(9)8-10/h5-8H,3-4H2,1-2H3,(H,16,17)/p-1. The van der Waals surface area contributed by atoms with Crippen LogP contribution in [0, 0.1) is 0 Å². The zero-order chi connectivity index (χ0) is 14.0. The van der Waals surface area contributed by atoms with Crippen LogP contribution in [0.25, 0.3) is 11.0 Å². The molecule has 0 saturated carbocycles. The molecule has 1 heterocycles. The van der Waals surface area contributed by atoms with Crippen LogP contribution in [0.3, 0.4) is 0 Å². The molecule has 0 aliphatic rings. The second-order valence-corrected chi connectivity index (χ2v) is 4.13. The number of carbonyl (C=O) groups excluding carboxylic acids is 1. The van der Waals surface area contributed by atoms with Gasteiger partial charge in [-0.05, 0) is 32.0 Å². The van der Waals surface area contributed by atoms with Crippen LogP contribution in [-0.2, 0) is 0 Å². The number of carboxylic acid groups (broad SMARTS) is 1. The predicted molar refractivity (Wildman–Crippen MR) is 70.4 cm³/mol. The highest BCUT2D eigenvalue weighted by molar-refractivity contribution is 5.91. The molecular formula is C14H14NO4-. The Hall–Kier alpha value is -2.30. The van der Waals surface area contributed by atoms with E-state index in [9.17, 15) is 14.7 Å². The Morgan fingerprint density at radius 3 is 2.53 bits per heavy atom. The SMILES string of the molecule is CCN(CC)c1ccc2cc(C(=O)[O-])c(=O)oc2c1. The van der Waals surface area contributed by atoms with Crippen LogP contribution < -0.4 is 15.6 Å². The van der Waals surface area contributed by atoms with Crippen molar-refractivity contribution in [1.29, 1.82) is 0 Å². The molecule has 0 fully saturated rings. The number of aromatic carboxylic acids is 1. The van der Waals surface area contributed by atoms with E-state index < -0.39 is 17.2 Å². The van der Waals surface area contributed by atoms with Crippen LogP contribution in [0.4, 0.5) is 5.69 Å². The minimum Gasteiger partial charge on any atom is -0.545 e. The van der Waals surface area contributed by atoms with Gasteiger partial charge in [0.2, 0.25) is 0 Å². The molecule has 1 aromatic heterocycles. The number of nitrogens with zero attached hydrogens (tertiary/aromatic N) is 1. The van der Waals surface area contributed by atoms with E-state index in [0.29, 0.717) is 11.0 Å². The number of carboxylic acids is 1. The number of anilines is 1. The average molecular weight is 260 g/mol. The van der Waals surface area contributed by atoms with Gasteiger partial charge in [-0.1, -0.05) is 0 Å². The van der Waals surface area contributed by atoms with Gasteiger partial charge in [0.1, 0.15) is 5.58 Å². The van der Waals surface area contributed by atoms with Crippen molar-refractivity contribution >= 4 is 22.6 Å². The molecule has 0 atom stereocenters. The third-order valence-corrected chi connectivity index (χ3v) is 3.07. The first-order valence-corrected chi connectivity index (χ1v) is 6.11. The zero-order valence-corrected chi connectivity index (χ0v) is 10.8. The van der Waals surface area contributed by atoms with Gasteiger partial charge in [0, 0.05) is 30.2 Å². The average Bonchev–Trinajstić information content (AvgIpc) is 2.38. The van der Waals surface area contributed by atoms with Crippen molar-refractivity contribution in [2.75, 3.05) is 18.0 Å². The van der Waals surface area contributed by atoms with E-state index in [2.05, 4.69) is 4.90 Å². The highest BCUT2D eigenvalue weighted by atomic mass is 16.4. The molecule has 0 aliphatic heterocycles. The summed E-state index contributed by atoms with van der Waals surface area (Å²) in [5.74, 6) is -1.52. The van der Waals surface area contributed by atoms with Crippen LogP contribution in [-0.4, -0.2) is 19.1 Å². The van der Waals surface area contributed by atoms with Crippen LogP contribution in [0.2, 0.25) is 0 Å². The molecule has 0 aliphatic carbocycles. The molecular weight excluding hydrogens is 246 g/mol. The summed E-state index contributed by atoms with van der Waals surface area (Å²) in [7, 11) is 0. The number of fused-ring (bicyclic) bond motifs is 1. The monoisotopic (exact) mass is 260 g/mol. The number of hydrogen-bond donors (Lipinski definition) is 0. The maximum Gasteiger partial charge on any atom is 0.345 e. The summed E-state index contributed by atoms with van der Waals surface area (Å²) in [6.07, 6.45) is 0. The van der Waals surface area contributed by atoms with Gasteiger partial charge >= 0.3 is 5.63 Å². The first kappa shape index (κ1) is 13.1. The summed E-state index contributed by atoms with van der Waals surface area (Å²) in [6.45, 7) is 5.73. The van der Waals surface area contributed by atoms with Crippen molar-refractivity contribution in [3.05, 3.63) is 40.2 Å². The second kappa shape index (κ2) is 5.14. The fraction of sp³-hybridized carbons (Fsp3) is 0.286. The largest absolute Gasteiger partial charge is 0.545 e. The van der Waals surface area contributed by atoms with Gasteiger partial charge < -0.3 is 19.2 Å². The fourth-order valence-electron chi connectivity index (χ4n) is 2.03. The van der Waals surface area contributed by atoms with E-state index in [0.717, 1.165) is 18.8 Å². The first-order chi connectivity index (χ1) is 9.06. The Balaban J connectivity index is 2.59. The zero-order valence-electron chi connectivity index (χ0n) is 10.8. The molecule has 1 aromatic carbocycles. The Morgan fingerprint density at radius 1 is 1.26 bits per heavy atom. The van der Waals surface area contributed by atoms with E-state index in [1.807, 2.05) is 19.9 Å². The van der Waals surface area contributed by atoms with Crippen molar-refractivity contribution in [3.63, 3.8) is 0 Å². The molecule has 0 spiro atoms. The Bertz CT molecular complexity index is 671. The predicted octanol–water partition coefficient (Wildman–Crippen LogP) is 1.00. The van der Waals surface area contributed by atoms with Crippen molar-refractivity contribution in [2.24, 2.45) is 0 Å². The number of carbonyl (C=O) groups is 1. The normalized spacial score (nSPS) is 10.6. The van der Waals surface area contributed by atoms with E-state index in [4.69, 9.17) is 4.42 Å². The highest BCUT2D eigenvalue weighted by Crippen LogP contribution is 2.21. The van der Waals surface area contributed by atoms with Crippen molar-refractivity contribution < 1.29 is 14.3 Å². The Morgan fingerprint density at radius 2 is 1.95 bits per heavy atom. The maximum atomic E-state index is 11.5. The Labute approximate surface area is 110 Å². The quantitative estimate of drug-likeness (QED) is 0.767. The molecule has 2 aromatic rings. The minimum atomic E-state index is -1.52. The fourth-order valence-corrected chi connectivity index (χ4v) is 2.03. The summed E-state index contributed by atoms with van der Waals surface area (Å²) in [5.41, 5.74) is -0.0338. The third-order valence-electron chi connectivity index (χ3n) is 3.07.